The van der Waals surface area contributed by atoms with E-state index in [4.69, 9.17) is 4.84 Å². The summed E-state index contributed by atoms with van der Waals surface area (Å²) in [5.41, 5.74) is 1.81. The van der Waals surface area contributed by atoms with Crippen LogP contribution in [0.4, 0.5) is 0 Å². The minimum absolute atomic E-state index is 0.122. The minimum atomic E-state index is -3.42. The molecule has 7 nitrogen and oxygen atoms in total. The number of nitrogens with zero attached hydrogens (tertiary/aromatic N) is 2. The molecule has 0 atom stereocenters. The van der Waals surface area contributed by atoms with Crippen molar-refractivity contribution < 1.29 is 18.0 Å². The summed E-state index contributed by atoms with van der Waals surface area (Å²) in [5, 5.41) is 2.86. The molecule has 0 unspecified atom stereocenters. The zero-order chi connectivity index (χ0) is 22.4. The summed E-state index contributed by atoms with van der Waals surface area (Å²) in [6, 6.07) is 13.2. The number of nitrogens with one attached hydrogen (secondary N) is 1. The summed E-state index contributed by atoms with van der Waals surface area (Å²) >= 11 is 0. The van der Waals surface area contributed by atoms with E-state index in [1.807, 2.05) is 42.5 Å². The Morgan fingerprint density at radius 3 is 2.52 bits per heavy atom. The van der Waals surface area contributed by atoms with Gasteiger partial charge in [-0.25, -0.2) is 8.42 Å². The zero-order valence-corrected chi connectivity index (χ0v) is 18.8. The van der Waals surface area contributed by atoms with Crippen LogP contribution < -0.4 is 5.32 Å². The van der Waals surface area contributed by atoms with Crippen LogP contribution in [-0.2, 0) is 26.3 Å². The third-order valence-corrected chi connectivity index (χ3v) is 5.54. The monoisotopic (exact) mass is 445 g/mol. The number of hydrogen-bond donors (Lipinski definition) is 1. The average molecular weight is 446 g/mol. The van der Waals surface area contributed by atoms with Crippen molar-refractivity contribution in [3.63, 3.8) is 0 Å². The second-order valence-electron chi connectivity index (χ2n) is 7.23. The fraction of sp³-hybridized carbons (Fsp3) is 0.391. The van der Waals surface area contributed by atoms with Gasteiger partial charge in [0.1, 0.15) is 0 Å². The van der Waals surface area contributed by atoms with Crippen LogP contribution in [0.5, 0.6) is 0 Å². The molecule has 0 aliphatic carbocycles. The maximum absolute atomic E-state index is 11.9. The molecule has 168 valence electrons. The predicted octanol–water partition coefficient (Wildman–Crippen LogP) is 3.55. The first-order valence-electron chi connectivity index (χ1n) is 10.5. The van der Waals surface area contributed by atoms with Crippen LogP contribution in [0, 0.1) is 0 Å². The van der Waals surface area contributed by atoms with E-state index >= 15 is 0 Å². The van der Waals surface area contributed by atoms with Crippen molar-refractivity contribution in [3.8, 4) is 0 Å². The number of hydrogen-bond acceptors (Lipinski definition) is 5. The van der Waals surface area contributed by atoms with Gasteiger partial charge in [-0.2, -0.15) is 0 Å². The standard InChI is InChI=1S/C23H31N3O4S/c1-31(28,29)26(30-20-22-11-6-5-7-12-22)18-9-4-2-3-8-17-25-23(27)15-14-21-13-10-16-24-19-21/h5-7,10-16,19H,2-4,8-9,17-18,20H2,1H3,(H,25,27)/b15-14+. The summed E-state index contributed by atoms with van der Waals surface area (Å²) < 4.78 is 24.9. The number of hydroxylamine groups is 1. The second-order valence-corrected chi connectivity index (χ2v) is 9.10. The lowest BCUT2D eigenvalue weighted by molar-refractivity contribution is -0.116. The minimum Gasteiger partial charge on any atom is -0.353 e. The Morgan fingerprint density at radius 1 is 1.06 bits per heavy atom. The van der Waals surface area contributed by atoms with Crippen LogP contribution in [0.25, 0.3) is 6.08 Å². The lowest BCUT2D eigenvalue weighted by Gasteiger charge is -2.19. The van der Waals surface area contributed by atoms with Gasteiger partial charge < -0.3 is 5.32 Å². The average Bonchev–Trinajstić information content (AvgIpc) is 2.76. The predicted molar refractivity (Wildman–Crippen MR) is 122 cm³/mol. The first-order chi connectivity index (χ1) is 14.9. The highest BCUT2D eigenvalue weighted by atomic mass is 32.2. The SMILES string of the molecule is CS(=O)(=O)N(CCCCCCCNC(=O)/C=C/c1cccnc1)OCc1ccccc1. The Balaban J connectivity index is 1.55. The van der Waals surface area contributed by atoms with Gasteiger partial charge in [0.05, 0.1) is 12.9 Å². The van der Waals surface area contributed by atoms with Gasteiger partial charge in [-0.15, -0.1) is 0 Å². The number of unbranched alkanes of at least 4 members (excludes halogenated alkanes) is 4. The Hall–Kier alpha value is -2.55. The molecule has 0 bridgehead atoms. The largest absolute Gasteiger partial charge is 0.353 e. The van der Waals surface area contributed by atoms with Crippen LogP contribution in [0.2, 0.25) is 0 Å². The third-order valence-electron chi connectivity index (χ3n) is 4.52. The normalized spacial score (nSPS) is 11.8. The van der Waals surface area contributed by atoms with E-state index in [0.29, 0.717) is 13.1 Å². The number of carbonyl (C=O) groups excluding carboxylic acids is 1. The van der Waals surface area contributed by atoms with Crippen LogP contribution >= 0.6 is 0 Å². The molecule has 0 radical (unpaired) electrons. The van der Waals surface area contributed by atoms with E-state index in [0.717, 1.165) is 54.0 Å². The molecule has 1 aromatic heterocycles. The van der Waals surface area contributed by atoms with Crippen molar-refractivity contribution >= 4 is 22.0 Å². The molecule has 1 N–H and O–H groups in total. The first kappa shape index (κ1) is 24.7. The van der Waals surface area contributed by atoms with Gasteiger partial charge >= 0.3 is 0 Å². The molecule has 1 heterocycles. The molecule has 0 fully saturated rings. The molecular formula is C23H31N3O4S. The van der Waals surface area contributed by atoms with E-state index in [9.17, 15) is 13.2 Å². The molecule has 0 aliphatic heterocycles. The van der Waals surface area contributed by atoms with Crippen LogP contribution in [0.15, 0.2) is 60.9 Å². The van der Waals surface area contributed by atoms with Gasteiger partial charge in [0.15, 0.2) is 0 Å². The fourth-order valence-electron chi connectivity index (χ4n) is 2.86. The second kappa shape index (κ2) is 13.7. The fourth-order valence-corrected chi connectivity index (χ4v) is 3.57. The summed E-state index contributed by atoms with van der Waals surface area (Å²) in [5.74, 6) is -0.122. The summed E-state index contributed by atoms with van der Waals surface area (Å²) in [6.45, 7) is 1.18. The van der Waals surface area contributed by atoms with Crippen LogP contribution in [-0.4, -0.2) is 43.1 Å². The molecule has 31 heavy (non-hydrogen) atoms. The van der Waals surface area contributed by atoms with Gasteiger partial charge in [0.2, 0.25) is 15.9 Å². The highest BCUT2D eigenvalue weighted by molar-refractivity contribution is 7.88. The third kappa shape index (κ3) is 10.9. The number of sulfonamides is 1. The molecule has 2 rings (SSSR count). The number of aromatic nitrogens is 1. The molecule has 1 aromatic carbocycles. The summed E-state index contributed by atoms with van der Waals surface area (Å²) in [6.07, 6.45) is 12.2. The Kier molecular flexibility index (Phi) is 10.9. The first-order valence-corrected chi connectivity index (χ1v) is 12.3. The van der Waals surface area contributed by atoms with Crippen molar-refractivity contribution in [1.29, 1.82) is 0 Å². The lowest BCUT2D eigenvalue weighted by Crippen LogP contribution is -2.31. The van der Waals surface area contributed by atoms with Gasteiger partial charge in [-0.3, -0.25) is 14.6 Å². The molecule has 0 saturated heterocycles. The maximum atomic E-state index is 11.9. The van der Waals surface area contributed by atoms with Crippen molar-refractivity contribution in [2.45, 2.75) is 38.7 Å². The topological polar surface area (TPSA) is 88.6 Å². The number of carbonyl (C=O) groups is 1. The number of benzene rings is 1. The summed E-state index contributed by atoms with van der Waals surface area (Å²) in [7, 11) is -3.42. The number of pyridine rings is 1. The van der Waals surface area contributed by atoms with E-state index in [2.05, 4.69) is 10.3 Å². The zero-order valence-electron chi connectivity index (χ0n) is 17.9. The van der Waals surface area contributed by atoms with Crippen LogP contribution in [0.3, 0.4) is 0 Å². The molecule has 2 aromatic rings. The molecule has 0 aliphatic rings. The van der Waals surface area contributed by atoms with Gasteiger partial charge in [0.25, 0.3) is 0 Å². The number of rotatable bonds is 14. The molecule has 8 heteroatoms. The van der Waals surface area contributed by atoms with Crippen molar-refractivity contribution in [2.75, 3.05) is 19.3 Å². The Bertz CT molecular complexity index is 903. The lowest BCUT2D eigenvalue weighted by atomic mass is 10.1. The van der Waals surface area contributed by atoms with Crippen molar-refractivity contribution in [1.82, 2.24) is 14.8 Å². The Labute approximate surface area is 185 Å². The van der Waals surface area contributed by atoms with E-state index in [1.54, 1.807) is 18.5 Å². The van der Waals surface area contributed by atoms with Gasteiger partial charge in [0, 0.05) is 31.6 Å². The highest BCUT2D eigenvalue weighted by Crippen LogP contribution is 2.10. The quantitative estimate of drug-likeness (QED) is 0.273. The molecule has 1 amide bonds. The van der Waals surface area contributed by atoms with Crippen LogP contribution in [0.1, 0.15) is 43.2 Å². The number of amides is 1. The smallest absolute Gasteiger partial charge is 0.243 e. The highest BCUT2D eigenvalue weighted by Gasteiger charge is 2.17. The van der Waals surface area contributed by atoms with Crippen molar-refractivity contribution in [2.24, 2.45) is 0 Å². The van der Waals surface area contributed by atoms with Gasteiger partial charge in [-0.05, 0) is 36.1 Å². The van der Waals surface area contributed by atoms with Gasteiger partial charge in [-0.1, -0.05) is 60.1 Å². The molecule has 0 saturated carbocycles. The molecule has 0 spiro atoms. The van der Waals surface area contributed by atoms with E-state index < -0.39 is 10.0 Å². The van der Waals surface area contributed by atoms with Crippen molar-refractivity contribution in [3.05, 3.63) is 72.1 Å². The molecular weight excluding hydrogens is 414 g/mol. The summed E-state index contributed by atoms with van der Waals surface area (Å²) in [4.78, 5) is 21.3. The van der Waals surface area contributed by atoms with E-state index in [1.165, 1.54) is 6.08 Å². The maximum Gasteiger partial charge on any atom is 0.243 e. The van der Waals surface area contributed by atoms with E-state index in [-0.39, 0.29) is 12.5 Å². The Morgan fingerprint density at radius 2 is 1.81 bits per heavy atom.